The molecule has 0 radical (unpaired) electrons. The summed E-state index contributed by atoms with van der Waals surface area (Å²) in [5.74, 6) is 0.180. The molecule has 8 heteroatoms. The van der Waals surface area contributed by atoms with Crippen molar-refractivity contribution >= 4 is 55.5 Å². The monoisotopic (exact) mass is 347 g/mol. The molecule has 1 aromatic carbocycles. The predicted octanol–water partition coefficient (Wildman–Crippen LogP) is 3.58. The van der Waals surface area contributed by atoms with Crippen molar-refractivity contribution in [1.29, 1.82) is 0 Å². The normalized spacial score (nSPS) is 10.5. The first-order valence-electron chi connectivity index (χ1n) is 6.68. The van der Waals surface area contributed by atoms with Gasteiger partial charge in [0.2, 0.25) is 5.91 Å². The number of anilines is 2. The SMILES string of the molecule is COc1cc(NC(=O)c2cccs2)cc2sc(NC(C)=O)nc12. The van der Waals surface area contributed by atoms with Gasteiger partial charge >= 0.3 is 0 Å². The first-order chi connectivity index (χ1) is 11.1. The van der Waals surface area contributed by atoms with Crippen molar-refractivity contribution in [2.45, 2.75) is 6.92 Å². The van der Waals surface area contributed by atoms with Crippen molar-refractivity contribution in [1.82, 2.24) is 4.98 Å². The molecule has 3 rings (SSSR count). The van der Waals surface area contributed by atoms with Crippen LogP contribution in [0.15, 0.2) is 29.6 Å². The molecule has 0 spiro atoms. The fourth-order valence-electron chi connectivity index (χ4n) is 2.03. The van der Waals surface area contributed by atoms with Crippen LogP contribution in [0.1, 0.15) is 16.6 Å². The number of amides is 2. The maximum Gasteiger partial charge on any atom is 0.265 e. The fourth-order valence-corrected chi connectivity index (χ4v) is 3.62. The van der Waals surface area contributed by atoms with Crippen molar-refractivity contribution in [2.24, 2.45) is 0 Å². The third-order valence-corrected chi connectivity index (χ3v) is 4.75. The van der Waals surface area contributed by atoms with E-state index in [-0.39, 0.29) is 11.8 Å². The Morgan fingerprint density at radius 3 is 2.74 bits per heavy atom. The molecule has 2 aromatic heterocycles. The second kappa shape index (κ2) is 6.35. The summed E-state index contributed by atoms with van der Waals surface area (Å²) in [6.45, 7) is 1.43. The average Bonchev–Trinajstić information content (AvgIpc) is 3.14. The Balaban J connectivity index is 1.95. The van der Waals surface area contributed by atoms with Crippen LogP contribution in [0.4, 0.5) is 10.8 Å². The van der Waals surface area contributed by atoms with E-state index in [0.717, 1.165) is 4.70 Å². The van der Waals surface area contributed by atoms with E-state index in [1.807, 2.05) is 17.5 Å². The van der Waals surface area contributed by atoms with E-state index in [1.54, 1.807) is 12.1 Å². The van der Waals surface area contributed by atoms with Crippen molar-refractivity contribution in [3.8, 4) is 5.75 Å². The van der Waals surface area contributed by atoms with Crippen molar-refractivity contribution in [2.75, 3.05) is 17.7 Å². The van der Waals surface area contributed by atoms with Crippen LogP contribution in [0.3, 0.4) is 0 Å². The number of carbonyl (C=O) groups is 2. The van der Waals surface area contributed by atoms with Gasteiger partial charge < -0.3 is 15.4 Å². The maximum atomic E-state index is 12.2. The minimum absolute atomic E-state index is 0.173. The zero-order valence-corrected chi connectivity index (χ0v) is 14.0. The van der Waals surface area contributed by atoms with E-state index in [0.29, 0.717) is 27.0 Å². The number of benzene rings is 1. The van der Waals surface area contributed by atoms with Crippen LogP contribution < -0.4 is 15.4 Å². The smallest absolute Gasteiger partial charge is 0.265 e. The lowest BCUT2D eigenvalue weighted by Crippen LogP contribution is -2.10. The average molecular weight is 347 g/mol. The molecule has 2 amide bonds. The Morgan fingerprint density at radius 1 is 1.26 bits per heavy atom. The predicted molar refractivity (Wildman–Crippen MR) is 92.7 cm³/mol. The molecule has 0 bridgehead atoms. The Bertz CT molecular complexity index is 872. The minimum atomic E-state index is -0.186. The van der Waals surface area contributed by atoms with E-state index in [2.05, 4.69) is 15.6 Å². The number of carbonyl (C=O) groups excluding carboxylic acids is 2. The molecule has 0 saturated carbocycles. The molecule has 0 aliphatic heterocycles. The third-order valence-electron chi connectivity index (χ3n) is 2.97. The second-order valence-electron chi connectivity index (χ2n) is 4.66. The molecule has 0 aliphatic rings. The lowest BCUT2D eigenvalue weighted by Gasteiger charge is -2.07. The number of hydrogen-bond acceptors (Lipinski definition) is 6. The number of nitrogens with one attached hydrogen (secondary N) is 2. The Hall–Kier alpha value is -2.45. The van der Waals surface area contributed by atoms with Crippen molar-refractivity contribution in [3.05, 3.63) is 34.5 Å². The molecule has 0 aliphatic carbocycles. The number of ether oxygens (including phenoxy) is 1. The zero-order valence-electron chi connectivity index (χ0n) is 12.4. The number of fused-ring (bicyclic) bond motifs is 1. The summed E-state index contributed by atoms with van der Waals surface area (Å²) in [6, 6.07) is 7.11. The largest absolute Gasteiger partial charge is 0.494 e. The van der Waals surface area contributed by atoms with Crippen LogP contribution >= 0.6 is 22.7 Å². The van der Waals surface area contributed by atoms with Crippen LogP contribution in [0.25, 0.3) is 10.2 Å². The molecule has 0 fully saturated rings. The lowest BCUT2D eigenvalue weighted by molar-refractivity contribution is -0.114. The second-order valence-corrected chi connectivity index (χ2v) is 6.64. The van der Waals surface area contributed by atoms with Gasteiger partial charge in [0.1, 0.15) is 11.3 Å². The van der Waals surface area contributed by atoms with E-state index < -0.39 is 0 Å². The van der Waals surface area contributed by atoms with Gasteiger partial charge in [-0.15, -0.1) is 11.3 Å². The van der Waals surface area contributed by atoms with Gasteiger partial charge in [-0.05, 0) is 17.5 Å². The van der Waals surface area contributed by atoms with Crippen LogP contribution in [0.2, 0.25) is 0 Å². The van der Waals surface area contributed by atoms with Gasteiger partial charge in [-0.3, -0.25) is 9.59 Å². The molecule has 0 unspecified atom stereocenters. The maximum absolute atomic E-state index is 12.2. The summed E-state index contributed by atoms with van der Waals surface area (Å²) in [4.78, 5) is 28.3. The highest BCUT2D eigenvalue weighted by Gasteiger charge is 2.14. The molecule has 6 nitrogen and oxygen atoms in total. The van der Waals surface area contributed by atoms with Gasteiger partial charge in [0.25, 0.3) is 5.91 Å². The van der Waals surface area contributed by atoms with Crippen LogP contribution in [0, 0.1) is 0 Å². The fraction of sp³-hybridized carbons (Fsp3) is 0.133. The van der Waals surface area contributed by atoms with Crippen molar-refractivity contribution < 1.29 is 14.3 Å². The molecule has 23 heavy (non-hydrogen) atoms. The van der Waals surface area contributed by atoms with Crippen molar-refractivity contribution in [3.63, 3.8) is 0 Å². The van der Waals surface area contributed by atoms with E-state index in [1.165, 1.54) is 36.7 Å². The molecule has 2 heterocycles. The molecule has 118 valence electrons. The Morgan fingerprint density at radius 2 is 2.09 bits per heavy atom. The van der Waals surface area contributed by atoms with Gasteiger partial charge in [-0.25, -0.2) is 4.98 Å². The summed E-state index contributed by atoms with van der Waals surface area (Å²) in [7, 11) is 1.54. The highest BCUT2D eigenvalue weighted by atomic mass is 32.1. The summed E-state index contributed by atoms with van der Waals surface area (Å²) >= 11 is 2.70. The third kappa shape index (κ3) is 3.33. The Kier molecular flexibility index (Phi) is 4.26. The Labute approximate surface area is 140 Å². The molecule has 0 atom stereocenters. The highest BCUT2D eigenvalue weighted by molar-refractivity contribution is 7.22. The minimum Gasteiger partial charge on any atom is -0.494 e. The summed E-state index contributed by atoms with van der Waals surface area (Å²) < 4.78 is 6.16. The number of thiazole rings is 1. The molecule has 3 aromatic rings. The van der Waals surface area contributed by atoms with Crippen LogP contribution in [0.5, 0.6) is 5.75 Å². The molecule has 2 N–H and O–H groups in total. The number of hydrogen-bond donors (Lipinski definition) is 2. The first-order valence-corrected chi connectivity index (χ1v) is 8.37. The number of methoxy groups -OCH3 is 1. The van der Waals surface area contributed by atoms with Crippen LogP contribution in [-0.4, -0.2) is 23.9 Å². The standard InChI is InChI=1S/C15H13N3O3S2/c1-8(19)16-15-18-13-10(21-2)6-9(7-12(13)23-15)17-14(20)11-4-3-5-22-11/h3-7H,1-2H3,(H,17,20)(H,16,18,19). The number of thiophene rings is 1. The molecule has 0 saturated heterocycles. The van der Waals surface area contributed by atoms with Gasteiger partial charge in [-0.2, -0.15) is 0 Å². The molecular weight excluding hydrogens is 334 g/mol. The highest BCUT2D eigenvalue weighted by Crippen LogP contribution is 2.35. The van der Waals surface area contributed by atoms with E-state index >= 15 is 0 Å². The van der Waals surface area contributed by atoms with E-state index in [4.69, 9.17) is 4.74 Å². The van der Waals surface area contributed by atoms with Gasteiger partial charge in [0.15, 0.2) is 5.13 Å². The first kappa shape index (κ1) is 15.4. The van der Waals surface area contributed by atoms with Gasteiger partial charge in [0, 0.05) is 18.7 Å². The summed E-state index contributed by atoms with van der Waals surface area (Å²) in [5.41, 5.74) is 1.26. The van der Waals surface area contributed by atoms with Gasteiger partial charge in [-0.1, -0.05) is 17.4 Å². The number of nitrogens with zero attached hydrogens (tertiary/aromatic N) is 1. The molecular formula is C15H13N3O3S2. The lowest BCUT2D eigenvalue weighted by atomic mass is 10.2. The summed E-state index contributed by atoms with van der Waals surface area (Å²) in [6.07, 6.45) is 0. The summed E-state index contributed by atoms with van der Waals surface area (Å²) in [5, 5.41) is 7.84. The zero-order chi connectivity index (χ0) is 16.4. The number of aromatic nitrogens is 1. The number of rotatable bonds is 4. The van der Waals surface area contributed by atoms with Crippen LogP contribution in [-0.2, 0) is 4.79 Å². The quantitative estimate of drug-likeness (QED) is 0.756. The van der Waals surface area contributed by atoms with E-state index in [9.17, 15) is 9.59 Å². The van der Waals surface area contributed by atoms with Gasteiger partial charge in [0.05, 0.1) is 16.7 Å². The topological polar surface area (TPSA) is 80.3 Å².